The number of alkyl halides is 3. The third kappa shape index (κ3) is 5.83. The molecule has 6 nitrogen and oxygen atoms in total. The predicted molar refractivity (Wildman–Crippen MR) is 119 cm³/mol. The largest absolute Gasteiger partial charge is 0.497 e. The summed E-state index contributed by atoms with van der Waals surface area (Å²) < 4.78 is 72.8. The number of carbonyl (C=O) groups is 1. The van der Waals surface area contributed by atoms with Crippen molar-refractivity contribution in [3.8, 4) is 5.75 Å². The Hall–Kier alpha value is -3.53. The number of anilines is 2. The number of amides is 1. The Kier molecular flexibility index (Phi) is 6.97. The molecular formula is C23H21F3N2O4S. The van der Waals surface area contributed by atoms with Crippen LogP contribution < -0.4 is 14.4 Å². The third-order valence-electron chi connectivity index (χ3n) is 4.68. The lowest BCUT2D eigenvalue weighted by Crippen LogP contribution is -2.30. The first-order chi connectivity index (χ1) is 15.5. The number of hydrogen-bond donors (Lipinski definition) is 1. The molecule has 0 saturated heterocycles. The van der Waals surface area contributed by atoms with Crippen molar-refractivity contribution in [2.75, 3.05) is 16.7 Å². The first-order valence-electron chi connectivity index (χ1n) is 9.71. The second kappa shape index (κ2) is 9.53. The van der Waals surface area contributed by atoms with E-state index in [0.29, 0.717) is 11.4 Å². The summed E-state index contributed by atoms with van der Waals surface area (Å²) in [5, 5.41) is 2.55. The second-order valence-electron chi connectivity index (χ2n) is 7.12. The van der Waals surface area contributed by atoms with Crippen molar-refractivity contribution in [2.24, 2.45) is 0 Å². The van der Waals surface area contributed by atoms with Gasteiger partial charge in [-0.1, -0.05) is 18.2 Å². The van der Waals surface area contributed by atoms with Crippen LogP contribution in [0.1, 0.15) is 18.1 Å². The molecular weight excluding hydrogens is 457 g/mol. The van der Waals surface area contributed by atoms with Crippen LogP contribution in [-0.4, -0.2) is 21.4 Å². The van der Waals surface area contributed by atoms with Gasteiger partial charge in [-0.2, -0.15) is 13.2 Å². The van der Waals surface area contributed by atoms with Gasteiger partial charge in [0.1, 0.15) is 5.75 Å². The van der Waals surface area contributed by atoms with E-state index in [9.17, 15) is 26.4 Å². The highest BCUT2D eigenvalue weighted by Crippen LogP contribution is 2.32. The Bertz CT molecular complexity index is 1240. The summed E-state index contributed by atoms with van der Waals surface area (Å²) in [5.74, 6) is 0.0749. The molecule has 0 aliphatic rings. The fourth-order valence-corrected chi connectivity index (χ4v) is 4.58. The highest BCUT2D eigenvalue weighted by Gasteiger charge is 2.31. The zero-order chi connectivity index (χ0) is 24.2. The Balaban J connectivity index is 2.06. The monoisotopic (exact) mass is 478 g/mol. The van der Waals surface area contributed by atoms with Crippen molar-refractivity contribution in [3.05, 3.63) is 83.9 Å². The van der Waals surface area contributed by atoms with Crippen LogP contribution >= 0.6 is 0 Å². The van der Waals surface area contributed by atoms with Crippen molar-refractivity contribution in [1.82, 2.24) is 0 Å². The van der Waals surface area contributed by atoms with Crippen molar-refractivity contribution in [3.63, 3.8) is 0 Å². The van der Waals surface area contributed by atoms with Crippen LogP contribution in [0.15, 0.2) is 77.7 Å². The number of nitrogens with zero attached hydrogens (tertiary/aromatic N) is 1. The molecule has 1 amide bonds. The number of sulfonamides is 1. The summed E-state index contributed by atoms with van der Waals surface area (Å²) >= 11 is 0. The van der Waals surface area contributed by atoms with E-state index in [1.54, 1.807) is 12.1 Å². The summed E-state index contributed by atoms with van der Waals surface area (Å²) in [6.45, 7) is 0.983. The van der Waals surface area contributed by atoms with E-state index in [1.165, 1.54) is 62.6 Å². The molecule has 3 aromatic rings. The van der Waals surface area contributed by atoms with Crippen molar-refractivity contribution >= 4 is 27.3 Å². The number of rotatable bonds is 7. The van der Waals surface area contributed by atoms with Gasteiger partial charge in [-0.05, 0) is 54.1 Å². The molecule has 0 bridgehead atoms. The van der Waals surface area contributed by atoms with Crippen LogP contribution in [0.25, 0.3) is 0 Å². The molecule has 0 fully saturated rings. The summed E-state index contributed by atoms with van der Waals surface area (Å²) in [6.07, 6.45) is -4.56. The number of methoxy groups -OCH3 is 1. The van der Waals surface area contributed by atoms with Gasteiger partial charge in [0.05, 0.1) is 29.8 Å². The molecule has 174 valence electrons. The minimum atomic E-state index is -4.56. The summed E-state index contributed by atoms with van der Waals surface area (Å²) in [7, 11) is -2.76. The number of carbonyl (C=O) groups excluding carboxylic acids is 1. The molecule has 3 aromatic carbocycles. The molecule has 0 aliphatic carbocycles. The quantitative estimate of drug-likeness (QED) is 0.515. The highest BCUT2D eigenvalue weighted by atomic mass is 32.2. The van der Waals surface area contributed by atoms with Gasteiger partial charge in [-0.3, -0.25) is 9.10 Å². The van der Waals surface area contributed by atoms with Crippen molar-refractivity contribution in [2.45, 2.75) is 24.5 Å². The number of ether oxygens (including phenoxy) is 1. The topological polar surface area (TPSA) is 75.7 Å². The summed E-state index contributed by atoms with van der Waals surface area (Å²) in [4.78, 5) is 11.1. The Labute approximate surface area is 189 Å². The maximum absolute atomic E-state index is 13.5. The highest BCUT2D eigenvalue weighted by molar-refractivity contribution is 7.92. The standard InChI is InChI=1S/C23H21F3N2O4S/c1-16(29)27-19-9-11-22(12-10-19)33(30,31)28(20-7-4-8-21(14-20)32-2)15-17-5-3-6-18(13-17)23(24,25)26/h3-14H,15H2,1-2H3,(H,27,29). The van der Waals surface area contributed by atoms with Gasteiger partial charge in [0.15, 0.2) is 0 Å². The Morgan fingerprint density at radius 2 is 1.67 bits per heavy atom. The van der Waals surface area contributed by atoms with Crippen LogP contribution in [0.3, 0.4) is 0 Å². The Morgan fingerprint density at radius 3 is 2.27 bits per heavy atom. The van der Waals surface area contributed by atoms with Gasteiger partial charge in [0.2, 0.25) is 5.91 Å². The molecule has 0 aliphatic heterocycles. The lowest BCUT2D eigenvalue weighted by molar-refractivity contribution is -0.137. The van der Waals surface area contributed by atoms with Crippen LogP contribution in [-0.2, 0) is 27.5 Å². The minimum Gasteiger partial charge on any atom is -0.497 e. The van der Waals surface area contributed by atoms with Crippen LogP contribution in [0.4, 0.5) is 24.5 Å². The molecule has 0 heterocycles. The number of nitrogens with one attached hydrogen (secondary N) is 1. The van der Waals surface area contributed by atoms with E-state index < -0.39 is 21.8 Å². The fourth-order valence-electron chi connectivity index (χ4n) is 3.13. The van der Waals surface area contributed by atoms with Crippen molar-refractivity contribution < 1.29 is 31.1 Å². The van der Waals surface area contributed by atoms with Gasteiger partial charge >= 0.3 is 6.18 Å². The summed E-state index contributed by atoms with van der Waals surface area (Å²) in [5.41, 5.74) is -0.0845. The lowest BCUT2D eigenvalue weighted by atomic mass is 10.1. The van der Waals surface area contributed by atoms with E-state index in [2.05, 4.69) is 5.32 Å². The second-order valence-corrected chi connectivity index (χ2v) is 8.98. The maximum atomic E-state index is 13.5. The van der Waals surface area contributed by atoms with Crippen molar-refractivity contribution in [1.29, 1.82) is 0 Å². The molecule has 0 saturated carbocycles. The van der Waals surface area contributed by atoms with Crippen LogP contribution in [0.5, 0.6) is 5.75 Å². The van der Waals surface area contributed by atoms with Gasteiger partial charge in [-0.25, -0.2) is 8.42 Å². The fraction of sp³-hybridized carbons (Fsp3) is 0.174. The van der Waals surface area contributed by atoms with E-state index >= 15 is 0 Å². The average molecular weight is 478 g/mol. The number of halogens is 3. The summed E-state index contributed by atoms with van der Waals surface area (Å²) in [6, 6.07) is 16.2. The van der Waals surface area contributed by atoms with Gasteiger partial charge in [0.25, 0.3) is 10.0 Å². The van der Waals surface area contributed by atoms with E-state index in [-0.39, 0.29) is 28.6 Å². The molecule has 0 spiro atoms. The molecule has 10 heteroatoms. The van der Waals surface area contributed by atoms with E-state index in [4.69, 9.17) is 4.74 Å². The molecule has 3 rings (SSSR count). The SMILES string of the molecule is COc1cccc(N(Cc2cccc(C(F)(F)F)c2)S(=O)(=O)c2ccc(NC(C)=O)cc2)c1. The van der Waals surface area contributed by atoms with Crippen LogP contribution in [0.2, 0.25) is 0 Å². The van der Waals surface area contributed by atoms with Crippen LogP contribution in [0, 0.1) is 0 Å². The third-order valence-corrected chi connectivity index (χ3v) is 6.47. The molecule has 0 unspecified atom stereocenters. The van der Waals surface area contributed by atoms with Gasteiger partial charge < -0.3 is 10.1 Å². The molecule has 0 aromatic heterocycles. The zero-order valence-electron chi connectivity index (χ0n) is 17.8. The molecule has 33 heavy (non-hydrogen) atoms. The Morgan fingerprint density at radius 1 is 1.00 bits per heavy atom. The molecule has 0 radical (unpaired) electrons. The zero-order valence-corrected chi connectivity index (χ0v) is 18.6. The average Bonchev–Trinajstić information content (AvgIpc) is 2.77. The maximum Gasteiger partial charge on any atom is 0.416 e. The lowest BCUT2D eigenvalue weighted by Gasteiger charge is -2.25. The predicted octanol–water partition coefficient (Wildman–Crippen LogP) is 5.07. The number of benzene rings is 3. The first kappa shape index (κ1) is 24.1. The van der Waals surface area contributed by atoms with E-state index in [1.807, 2.05) is 0 Å². The normalized spacial score (nSPS) is 11.7. The van der Waals surface area contributed by atoms with Gasteiger partial charge in [0, 0.05) is 18.7 Å². The van der Waals surface area contributed by atoms with Gasteiger partial charge in [-0.15, -0.1) is 0 Å². The smallest absolute Gasteiger partial charge is 0.416 e. The molecule has 0 atom stereocenters. The van der Waals surface area contributed by atoms with E-state index in [0.717, 1.165) is 16.4 Å². The minimum absolute atomic E-state index is 0.0913. The number of hydrogen-bond acceptors (Lipinski definition) is 4. The molecule has 1 N–H and O–H groups in total. The first-order valence-corrected chi connectivity index (χ1v) is 11.2.